The van der Waals surface area contributed by atoms with Gasteiger partial charge < -0.3 is 15.8 Å². The zero-order chi connectivity index (χ0) is 11.0. The highest BCUT2D eigenvalue weighted by molar-refractivity contribution is 8.76. The molecule has 0 aromatic heterocycles. The first-order valence-corrected chi connectivity index (χ1v) is 6.86. The summed E-state index contributed by atoms with van der Waals surface area (Å²) >= 11 is 0. The van der Waals surface area contributed by atoms with Crippen molar-refractivity contribution in [3.63, 3.8) is 0 Å². The lowest BCUT2D eigenvalue weighted by atomic mass is 10.2. The first-order chi connectivity index (χ1) is 6.45. The van der Waals surface area contributed by atoms with Gasteiger partial charge in [0.2, 0.25) is 0 Å². The molecule has 0 fully saturated rings. The van der Waals surface area contributed by atoms with Crippen molar-refractivity contribution in [2.75, 3.05) is 18.2 Å². The Kier molecular flexibility index (Phi) is 7.22. The number of hydrogen-bond donors (Lipinski definition) is 2. The average molecular weight is 238 g/mol. The van der Waals surface area contributed by atoms with Gasteiger partial charge in [-0.05, 0) is 20.8 Å². The van der Waals surface area contributed by atoms with E-state index in [1.165, 1.54) is 0 Å². The molecule has 0 aromatic carbocycles. The quantitative estimate of drug-likeness (QED) is 0.434. The van der Waals surface area contributed by atoms with Crippen molar-refractivity contribution in [1.82, 2.24) is 5.32 Å². The Morgan fingerprint density at radius 1 is 1.43 bits per heavy atom. The van der Waals surface area contributed by atoms with Crippen LogP contribution in [0.5, 0.6) is 0 Å². The SMILES string of the molecule is CC(C)(C)OC(=O)NCSSCCN. The summed E-state index contributed by atoms with van der Waals surface area (Å²) in [5.74, 6) is 1.43. The summed E-state index contributed by atoms with van der Waals surface area (Å²) in [6.45, 7) is 6.17. The third-order valence-corrected chi connectivity index (χ3v) is 3.14. The maximum absolute atomic E-state index is 11.1. The third kappa shape index (κ3) is 10.0. The lowest BCUT2D eigenvalue weighted by Crippen LogP contribution is -2.32. The van der Waals surface area contributed by atoms with Gasteiger partial charge >= 0.3 is 6.09 Å². The normalized spacial score (nSPS) is 11.1. The monoisotopic (exact) mass is 238 g/mol. The van der Waals surface area contributed by atoms with Crippen molar-refractivity contribution in [2.24, 2.45) is 5.73 Å². The molecule has 0 saturated heterocycles. The van der Waals surface area contributed by atoms with Crippen LogP contribution in [0.25, 0.3) is 0 Å². The van der Waals surface area contributed by atoms with Crippen molar-refractivity contribution < 1.29 is 9.53 Å². The number of amides is 1. The second kappa shape index (κ2) is 7.25. The van der Waals surface area contributed by atoms with Gasteiger partial charge in [0, 0.05) is 12.3 Å². The number of ether oxygens (including phenoxy) is 1. The van der Waals surface area contributed by atoms with E-state index >= 15 is 0 Å². The number of nitrogens with one attached hydrogen (secondary N) is 1. The minimum atomic E-state index is -0.431. The van der Waals surface area contributed by atoms with Gasteiger partial charge in [0.1, 0.15) is 5.60 Å². The van der Waals surface area contributed by atoms with Gasteiger partial charge in [-0.1, -0.05) is 21.6 Å². The minimum absolute atomic E-state index is 0.377. The molecule has 0 atom stereocenters. The highest BCUT2D eigenvalue weighted by atomic mass is 33.1. The van der Waals surface area contributed by atoms with Crippen LogP contribution in [-0.4, -0.2) is 29.9 Å². The molecular formula is C8H18N2O2S2. The van der Waals surface area contributed by atoms with Crippen molar-refractivity contribution in [1.29, 1.82) is 0 Å². The van der Waals surface area contributed by atoms with Gasteiger partial charge in [-0.15, -0.1) is 0 Å². The Balaban J connectivity index is 3.36. The molecule has 1 amide bonds. The maximum Gasteiger partial charge on any atom is 0.408 e. The fraction of sp³-hybridized carbons (Fsp3) is 0.875. The summed E-state index contributed by atoms with van der Waals surface area (Å²) in [7, 11) is 3.19. The molecule has 0 spiro atoms. The standard InChI is InChI=1S/C8H18N2O2S2/c1-8(2,3)12-7(11)10-6-14-13-5-4-9/h4-6,9H2,1-3H3,(H,10,11). The molecule has 0 aliphatic carbocycles. The summed E-state index contributed by atoms with van der Waals surface area (Å²) in [5.41, 5.74) is 4.88. The summed E-state index contributed by atoms with van der Waals surface area (Å²) in [6.07, 6.45) is -0.377. The molecule has 0 rings (SSSR count). The van der Waals surface area contributed by atoms with Crippen LogP contribution in [0.3, 0.4) is 0 Å². The molecule has 3 N–H and O–H groups in total. The van der Waals surface area contributed by atoms with Gasteiger partial charge in [-0.25, -0.2) is 4.79 Å². The smallest absolute Gasteiger partial charge is 0.408 e. The van der Waals surface area contributed by atoms with E-state index < -0.39 is 5.60 Å². The number of carbonyl (C=O) groups excluding carboxylic acids is 1. The van der Waals surface area contributed by atoms with Crippen LogP contribution in [-0.2, 0) is 4.74 Å². The predicted octanol–water partition coefficient (Wildman–Crippen LogP) is 1.81. The van der Waals surface area contributed by atoms with Crippen molar-refractivity contribution in [3.8, 4) is 0 Å². The van der Waals surface area contributed by atoms with E-state index in [0.717, 1.165) is 5.75 Å². The molecule has 0 bridgehead atoms. The minimum Gasteiger partial charge on any atom is -0.444 e. The van der Waals surface area contributed by atoms with Gasteiger partial charge in [-0.3, -0.25) is 0 Å². The highest BCUT2D eigenvalue weighted by Gasteiger charge is 2.15. The second-order valence-corrected chi connectivity index (χ2v) is 6.13. The Labute approximate surface area is 93.1 Å². The number of nitrogens with two attached hydrogens (primary N) is 1. The molecule has 6 heteroatoms. The fourth-order valence-electron chi connectivity index (χ4n) is 0.551. The first kappa shape index (κ1) is 13.9. The first-order valence-electron chi connectivity index (χ1n) is 4.37. The van der Waals surface area contributed by atoms with Crippen LogP contribution in [0.15, 0.2) is 0 Å². The zero-order valence-electron chi connectivity index (χ0n) is 8.83. The second-order valence-electron chi connectivity index (χ2n) is 3.55. The van der Waals surface area contributed by atoms with Crippen LogP contribution in [0.1, 0.15) is 20.8 Å². The van der Waals surface area contributed by atoms with E-state index in [4.69, 9.17) is 10.5 Å². The van der Waals surface area contributed by atoms with Gasteiger partial charge in [0.15, 0.2) is 0 Å². The highest BCUT2D eigenvalue weighted by Crippen LogP contribution is 2.18. The average Bonchev–Trinajstić information content (AvgIpc) is 2.00. The van der Waals surface area contributed by atoms with E-state index in [9.17, 15) is 4.79 Å². The summed E-state index contributed by atoms with van der Waals surface area (Å²) in [5, 5.41) is 2.64. The molecule has 0 heterocycles. The molecule has 0 saturated carbocycles. The summed E-state index contributed by atoms with van der Waals surface area (Å²) in [4.78, 5) is 11.1. The Bertz CT molecular complexity index is 171. The van der Waals surface area contributed by atoms with E-state index in [1.807, 2.05) is 20.8 Å². The van der Waals surface area contributed by atoms with Crippen molar-refractivity contribution in [2.45, 2.75) is 26.4 Å². The lowest BCUT2D eigenvalue weighted by molar-refractivity contribution is 0.0538. The van der Waals surface area contributed by atoms with E-state index in [1.54, 1.807) is 21.6 Å². The van der Waals surface area contributed by atoms with Crippen LogP contribution in [0.2, 0.25) is 0 Å². The number of rotatable bonds is 5. The molecule has 0 radical (unpaired) electrons. The molecule has 0 aliphatic heterocycles. The van der Waals surface area contributed by atoms with Crippen LogP contribution >= 0.6 is 21.6 Å². The number of carbonyl (C=O) groups is 1. The topological polar surface area (TPSA) is 64.3 Å². The summed E-state index contributed by atoms with van der Waals surface area (Å²) < 4.78 is 5.05. The molecule has 0 unspecified atom stereocenters. The van der Waals surface area contributed by atoms with Gasteiger partial charge in [0.25, 0.3) is 0 Å². The van der Waals surface area contributed by atoms with E-state index in [2.05, 4.69) is 5.32 Å². The molecule has 14 heavy (non-hydrogen) atoms. The molecule has 84 valence electrons. The van der Waals surface area contributed by atoms with Crippen LogP contribution in [0, 0.1) is 0 Å². The van der Waals surface area contributed by atoms with Gasteiger partial charge in [0.05, 0.1) is 5.88 Å². The fourth-order valence-corrected chi connectivity index (χ4v) is 2.09. The molecule has 0 aliphatic rings. The van der Waals surface area contributed by atoms with Crippen LogP contribution < -0.4 is 11.1 Å². The summed E-state index contributed by atoms with van der Waals surface area (Å²) in [6, 6.07) is 0. The number of hydrogen-bond acceptors (Lipinski definition) is 5. The predicted molar refractivity (Wildman–Crippen MR) is 63.3 cm³/mol. The Hall–Kier alpha value is -0.0700. The molecular weight excluding hydrogens is 220 g/mol. The van der Waals surface area contributed by atoms with E-state index in [0.29, 0.717) is 12.4 Å². The van der Waals surface area contributed by atoms with Crippen molar-refractivity contribution >= 4 is 27.7 Å². The Morgan fingerprint density at radius 3 is 2.57 bits per heavy atom. The van der Waals surface area contributed by atoms with Crippen LogP contribution in [0.4, 0.5) is 4.79 Å². The lowest BCUT2D eigenvalue weighted by Gasteiger charge is -2.19. The maximum atomic E-state index is 11.1. The third-order valence-electron chi connectivity index (χ3n) is 0.959. The largest absolute Gasteiger partial charge is 0.444 e. The zero-order valence-corrected chi connectivity index (χ0v) is 10.5. The van der Waals surface area contributed by atoms with E-state index in [-0.39, 0.29) is 6.09 Å². The molecule has 4 nitrogen and oxygen atoms in total. The van der Waals surface area contributed by atoms with Gasteiger partial charge in [-0.2, -0.15) is 0 Å². The number of alkyl carbamates (subject to hydrolysis) is 1. The molecule has 0 aromatic rings. The van der Waals surface area contributed by atoms with Crippen molar-refractivity contribution in [3.05, 3.63) is 0 Å². The Morgan fingerprint density at radius 2 is 2.07 bits per heavy atom.